The van der Waals surface area contributed by atoms with Crippen LogP contribution in [0, 0.1) is 6.42 Å². The van der Waals surface area contributed by atoms with Gasteiger partial charge in [-0.05, 0) is 6.42 Å². The van der Waals surface area contributed by atoms with E-state index in [2.05, 4.69) is 0 Å². The standard InChI is InChI=1S/C6H11N2O2/c7-4-1-2-5(6(8)9)10-3-4/h2,4-5H,1,3,7H2,(H2,8,9)/t4-,5-/m1/s1. The third kappa shape index (κ3) is 1.68. The van der Waals surface area contributed by atoms with Gasteiger partial charge in [0, 0.05) is 12.5 Å². The van der Waals surface area contributed by atoms with Crippen molar-refractivity contribution in [3.05, 3.63) is 6.42 Å². The van der Waals surface area contributed by atoms with Crippen molar-refractivity contribution in [2.75, 3.05) is 6.61 Å². The first-order valence-corrected chi connectivity index (χ1v) is 3.20. The van der Waals surface area contributed by atoms with Gasteiger partial charge in [-0.1, -0.05) is 0 Å². The highest BCUT2D eigenvalue weighted by Gasteiger charge is 2.23. The first kappa shape index (κ1) is 7.50. The van der Waals surface area contributed by atoms with Crippen LogP contribution >= 0.6 is 0 Å². The Morgan fingerprint density at radius 1 is 1.70 bits per heavy atom. The predicted molar refractivity (Wildman–Crippen MR) is 35.8 cm³/mol. The molecule has 0 saturated carbocycles. The van der Waals surface area contributed by atoms with E-state index in [1.165, 1.54) is 0 Å². The van der Waals surface area contributed by atoms with Crippen molar-refractivity contribution in [1.82, 2.24) is 0 Å². The first-order chi connectivity index (χ1) is 4.70. The zero-order chi connectivity index (χ0) is 7.56. The second-order valence-corrected chi connectivity index (χ2v) is 2.39. The van der Waals surface area contributed by atoms with Gasteiger partial charge in [0.15, 0.2) is 0 Å². The minimum atomic E-state index is -0.528. The smallest absolute Gasteiger partial charge is 0.246 e. The molecule has 10 heavy (non-hydrogen) atoms. The lowest BCUT2D eigenvalue weighted by molar-refractivity contribution is -0.129. The van der Waals surface area contributed by atoms with Crippen LogP contribution in [0.15, 0.2) is 0 Å². The molecule has 4 nitrogen and oxygen atoms in total. The largest absolute Gasteiger partial charge is 0.367 e. The van der Waals surface area contributed by atoms with Gasteiger partial charge in [-0.25, -0.2) is 0 Å². The Balaban J connectivity index is 2.33. The summed E-state index contributed by atoms with van der Waals surface area (Å²) in [6.07, 6.45) is 1.88. The number of amides is 1. The number of nitrogens with two attached hydrogens (primary N) is 2. The summed E-state index contributed by atoms with van der Waals surface area (Å²) < 4.78 is 5.00. The summed E-state index contributed by atoms with van der Waals surface area (Å²) in [6.45, 7) is 0.421. The minimum absolute atomic E-state index is 0.0237. The molecule has 0 aliphatic carbocycles. The van der Waals surface area contributed by atoms with Gasteiger partial charge in [0.05, 0.1) is 6.61 Å². The number of rotatable bonds is 1. The fraction of sp³-hybridized carbons (Fsp3) is 0.667. The molecule has 1 aliphatic rings. The summed E-state index contributed by atoms with van der Waals surface area (Å²) in [7, 11) is 0. The lowest BCUT2D eigenvalue weighted by atomic mass is 10.1. The predicted octanol–water partition coefficient (Wildman–Crippen LogP) is -1.21. The van der Waals surface area contributed by atoms with Crippen LogP contribution in [0.25, 0.3) is 0 Å². The molecule has 0 aromatic rings. The van der Waals surface area contributed by atoms with Crippen LogP contribution in [0.3, 0.4) is 0 Å². The van der Waals surface area contributed by atoms with E-state index < -0.39 is 12.0 Å². The monoisotopic (exact) mass is 143 g/mol. The molecule has 57 valence electrons. The zero-order valence-corrected chi connectivity index (χ0v) is 5.62. The molecular formula is C6H11N2O2. The van der Waals surface area contributed by atoms with Gasteiger partial charge in [0.1, 0.15) is 6.10 Å². The van der Waals surface area contributed by atoms with Gasteiger partial charge in [0.25, 0.3) is 0 Å². The molecule has 1 aliphatic heterocycles. The molecule has 0 spiro atoms. The Bertz CT molecular complexity index is 130. The van der Waals surface area contributed by atoms with Crippen molar-refractivity contribution in [2.24, 2.45) is 11.5 Å². The van der Waals surface area contributed by atoms with Crippen LogP contribution in [0.4, 0.5) is 0 Å². The van der Waals surface area contributed by atoms with Gasteiger partial charge >= 0.3 is 0 Å². The lowest BCUT2D eigenvalue weighted by Crippen LogP contribution is -2.42. The van der Waals surface area contributed by atoms with Gasteiger partial charge < -0.3 is 16.2 Å². The molecule has 1 amide bonds. The summed E-state index contributed by atoms with van der Waals surface area (Å²) in [5, 5.41) is 0. The van der Waals surface area contributed by atoms with Gasteiger partial charge in [-0.3, -0.25) is 4.79 Å². The molecular weight excluding hydrogens is 132 g/mol. The highest BCUT2D eigenvalue weighted by Crippen LogP contribution is 2.09. The molecule has 0 bridgehead atoms. The number of hydrogen-bond donors (Lipinski definition) is 2. The molecule has 0 unspecified atom stereocenters. The summed E-state index contributed by atoms with van der Waals surface area (Å²) >= 11 is 0. The van der Waals surface area contributed by atoms with Crippen molar-refractivity contribution in [3.8, 4) is 0 Å². The minimum Gasteiger partial charge on any atom is -0.367 e. The Morgan fingerprint density at radius 2 is 2.40 bits per heavy atom. The Hall–Kier alpha value is -0.610. The third-order valence-corrected chi connectivity index (χ3v) is 1.42. The summed E-state index contributed by atoms with van der Waals surface area (Å²) in [4.78, 5) is 10.5. The zero-order valence-electron chi connectivity index (χ0n) is 5.62. The van der Waals surface area contributed by atoms with Gasteiger partial charge in [0.2, 0.25) is 5.91 Å². The normalized spacial score (nSPS) is 33.7. The van der Waals surface area contributed by atoms with Crippen LogP contribution in [-0.4, -0.2) is 24.7 Å². The first-order valence-electron chi connectivity index (χ1n) is 3.20. The highest BCUT2D eigenvalue weighted by molar-refractivity contribution is 5.80. The van der Waals surface area contributed by atoms with E-state index in [4.69, 9.17) is 16.2 Å². The molecule has 0 aromatic heterocycles. The maximum absolute atomic E-state index is 10.5. The van der Waals surface area contributed by atoms with Crippen LogP contribution in [-0.2, 0) is 9.53 Å². The molecule has 0 aromatic carbocycles. The molecule has 1 rings (SSSR count). The van der Waals surface area contributed by atoms with Crippen molar-refractivity contribution in [3.63, 3.8) is 0 Å². The number of ether oxygens (including phenoxy) is 1. The number of primary amides is 1. The topological polar surface area (TPSA) is 78.3 Å². The molecule has 1 fully saturated rings. The van der Waals surface area contributed by atoms with Crippen LogP contribution in [0.1, 0.15) is 6.42 Å². The Morgan fingerprint density at radius 3 is 2.80 bits per heavy atom. The molecule has 2 atom stereocenters. The second-order valence-electron chi connectivity index (χ2n) is 2.39. The van der Waals surface area contributed by atoms with E-state index >= 15 is 0 Å². The van der Waals surface area contributed by atoms with Gasteiger partial charge in [-0.2, -0.15) is 0 Å². The van der Waals surface area contributed by atoms with Crippen LogP contribution < -0.4 is 11.5 Å². The van der Waals surface area contributed by atoms with Crippen molar-refractivity contribution in [1.29, 1.82) is 0 Å². The number of hydrogen-bond acceptors (Lipinski definition) is 3. The average Bonchev–Trinajstić information content (AvgIpc) is 1.88. The van der Waals surface area contributed by atoms with Crippen LogP contribution in [0.5, 0.6) is 0 Å². The van der Waals surface area contributed by atoms with Crippen molar-refractivity contribution >= 4 is 5.91 Å². The summed E-state index contributed by atoms with van der Waals surface area (Å²) in [5.74, 6) is -0.438. The fourth-order valence-corrected chi connectivity index (χ4v) is 0.860. The second kappa shape index (κ2) is 2.98. The number of carbonyl (C=O) groups is 1. The van der Waals surface area contributed by atoms with E-state index in [9.17, 15) is 4.79 Å². The van der Waals surface area contributed by atoms with E-state index in [1.807, 2.05) is 0 Å². The van der Waals surface area contributed by atoms with Gasteiger partial charge in [-0.15, -0.1) is 0 Å². The Labute approximate surface area is 59.5 Å². The average molecular weight is 143 g/mol. The SMILES string of the molecule is NC(=O)[C@H]1[CH]C[C@@H](N)CO1. The summed E-state index contributed by atoms with van der Waals surface area (Å²) in [6, 6.07) is 0.0237. The fourth-order valence-electron chi connectivity index (χ4n) is 0.860. The molecule has 4 N–H and O–H groups in total. The third-order valence-electron chi connectivity index (χ3n) is 1.42. The Kier molecular flexibility index (Phi) is 2.24. The summed E-state index contributed by atoms with van der Waals surface area (Å²) in [5.41, 5.74) is 10.5. The molecule has 1 radical (unpaired) electrons. The van der Waals surface area contributed by atoms with E-state index in [0.717, 1.165) is 0 Å². The van der Waals surface area contributed by atoms with E-state index in [0.29, 0.717) is 13.0 Å². The quantitative estimate of drug-likeness (QED) is 0.483. The van der Waals surface area contributed by atoms with E-state index in [-0.39, 0.29) is 6.04 Å². The molecule has 1 saturated heterocycles. The van der Waals surface area contributed by atoms with Crippen molar-refractivity contribution < 1.29 is 9.53 Å². The number of carbonyl (C=O) groups excluding carboxylic acids is 1. The highest BCUT2D eigenvalue weighted by atomic mass is 16.5. The van der Waals surface area contributed by atoms with Crippen LogP contribution in [0.2, 0.25) is 0 Å². The molecule has 1 heterocycles. The maximum atomic E-state index is 10.5. The lowest BCUT2D eigenvalue weighted by Gasteiger charge is -2.23. The van der Waals surface area contributed by atoms with E-state index in [1.54, 1.807) is 6.42 Å². The van der Waals surface area contributed by atoms with Crippen molar-refractivity contribution in [2.45, 2.75) is 18.6 Å². The maximum Gasteiger partial charge on any atom is 0.246 e. The molecule has 4 heteroatoms.